The zero-order valence-corrected chi connectivity index (χ0v) is 10.4. The Morgan fingerprint density at radius 2 is 1.83 bits per heavy atom. The van der Waals surface area contributed by atoms with Gasteiger partial charge in [0, 0.05) is 7.11 Å². The molecule has 4 heteroatoms. The summed E-state index contributed by atoms with van der Waals surface area (Å²) in [6.07, 6.45) is 0. The van der Waals surface area contributed by atoms with Crippen LogP contribution in [0, 0.1) is 0 Å². The average molecular weight is 208 g/mol. The van der Waals surface area contributed by atoms with Crippen molar-refractivity contribution in [1.82, 2.24) is 0 Å². The highest BCUT2D eigenvalue weighted by Crippen LogP contribution is 2.10. The first-order valence-corrected chi connectivity index (χ1v) is 9.07. The molecule has 0 aromatic rings. The number of rotatable bonds is 7. The van der Waals surface area contributed by atoms with Gasteiger partial charge in [0.25, 0.3) is 0 Å². The maximum atomic E-state index is 5.33. The van der Waals surface area contributed by atoms with Crippen LogP contribution in [0.15, 0.2) is 0 Å². The van der Waals surface area contributed by atoms with E-state index in [1.165, 1.54) is 5.38 Å². The third-order valence-corrected chi connectivity index (χ3v) is 5.75. The standard InChI is InChI=1S/C8H20O2SSi/c1-9-5-6-10-7-11-8-12(2,3)4/h5-8H2,1-4H3. The van der Waals surface area contributed by atoms with Crippen molar-refractivity contribution >= 4 is 19.8 Å². The number of methoxy groups -OCH3 is 1. The first-order valence-electron chi connectivity index (χ1n) is 4.21. The lowest BCUT2D eigenvalue weighted by atomic mass is 10.8. The first kappa shape index (κ1) is 12.5. The Kier molecular flexibility index (Phi) is 7.23. The highest BCUT2D eigenvalue weighted by Gasteiger charge is 2.11. The van der Waals surface area contributed by atoms with E-state index in [2.05, 4.69) is 19.6 Å². The van der Waals surface area contributed by atoms with E-state index in [4.69, 9.17) is 9.47 Å². The second kappa shape index (κ2) is 6.94. The fourth-order valence-corrected chi connectivity index (χ4v) is 3.63. The number of thioether (sulfide) groups is 1. The second-order valence-corrected chi connectivity index (χ2v) is 10.8. The molecule has 0 heterocycles. The maximum absolute atomic E-state index is 5.33. The van der Waals surface area contributed by atoms with Crippen molar-refractivity contribution in [1.29, 1.82) is 0 Å². The highest BCUT2D eigenvalue weighted by atomic mass is 32.2. The van der Waals surface area contributed by atoms with Gasteiger partial charge in [0.05, 0.1) is 27.2 Å². The van der Waals surface area contributed by atoms with E-state index in [9.17, 15) is 0 Å². The van der Waals surface area contributed by atoms with E-state index in [0.29, 0.717) is 6.61 Å². The molecule has 0 amide bonds. The summed E-state index contributed by atoms with van der Waals surface area (Å²) in [7, 11) is 0.819. The molecule has 0 saturated carbocycles. The third kappa shape index (κ3) is 10.5. The van der Waals surface area contributed by atoms with Crippen molar-refractivity contribution in [3.8, 4) is 0 Å². The summed E-state index contributed by atoms with van der Waals surface area (Å²) in [5.74, 6) is 0.813. The van der Waals surface area contributed by atoms with Crippen molar-refractivity contribution in [2.24, 2.45) is 0 Å². The van der Waals surface area contributed by atoms with Gasteiger partial charge in [-0.25, -0.2) is 0 Å². The number of hydrogen-bond acceptors (Lipinski definition) is 3. The van der Waals surface area contributed by atoms with Crippen LogP contribution in [0.1, 0.15) is 0 Å². The molecule has 0 aromatic heterocycles. The van der Waals surface area contributed by atoms with E-state index in [1.807, 2.05) is 11.8 Å². The van der Waals surface area contributed by atoms with Gasteiger partial charge in [-0.1, -0.05) is 19.6 Å². The second-order valence-electron chi connectivity index (χ2n) is 3.93. The molecule has 74 valence electrons. The van der Waals surface area contributed by atoms with Crippen LogP contribution >= 0.6 is 11.8 Å². The monoisotopic (exact) mass is 208 g/mol. The van der Waals surface area contributed by atoms with Crippen LogP contribution in [0.4, 0.5) is 0 Å². The molecule has 12 heavy (non-hydrogen) atoms. The zero-order chi connectivity index (χ0) is 9.45. The topological polar surface area (TPSA) is 18.5 Å². The summed E-state index contributed by atoms with van der Waals surface area (Å²) < 4.78 is 10.2. The molecule has 0 aliphatic heterocycles. The van der Waals surface area contributed by atoms with Crippen molar-refractivity contribution in [2.75, 3.05) is 31.6 Å². The fourth-order valence-electron chi connectivity index (χ4n) is 0.608. The summed E-state index contributed by atoms with van der Waals surface area (Å²) in [6, 6.07) is 0. The Bertz CT molecular complexity index is 104. The SMILES string of the molecule is COCCOCSC[Si](C)(C)C. The molecular formula is C8H20O2SSi. The minimum atomic E-state index is -0.874. The fraction of sp³-hybridized carbons (Fsp3) is 1.00. The summed E-state index contributed by atoms with van der Waals surface area (Å²) in [5, 5.41) is 1.28. The molecular weight excluding hydrogens is 188 g/mol. The molecule has 0 unspecified atom stereocenters. The average Bonchev–Trinajstić information content (AvgIpc) is 1.94. The van der Waals surface area contributed by atoms with Crippen molar-refractivity contribution in [3.63, 3.8) is 0 Å². The van der Waals surface area contributed by atoms with E-state index in [-0.39, 0.29) is 0 Å². The molecule has 0 bridgehead atoms. The first-order chi connectivity index (χ1) is 5.56. The van der Waals surface area contributed by atoms with Gasteiger partial charge in [-0.15, -0.1) is 11.8 Å². The smallest absolute Gasteiger partial charge is 0.0919 e. The minimum absolute atomic E-state index is 0.702. The lowest BCUT2D eigenvalue weighted by molar-refractivity contribution is 0.0954. The predicted molar refractivity (Wildman–Crippen MR) is 58.5 cm³/mol. The van der Waals surface area contributed by atoms with Crippen LogP contribution in [0.25, 0.3) is 0 Å². The van der Waals surface area contributed by atoms with Crippen LogP contribution in [0.2, 0.25) is 19.6 Å². The van der Waals surface area contributed by atoms with Crippen molar-refractivity contribution in [3.05, 3.63) is 0 Å². The van der Waals surface area contributed by atoms with Crippen molar-refractivity contribution in [2.45, 2.75) is 19.6 Å². The van der Waals surface area contributed by atoms with Gasteiger partial charge < -0.3 is 9.47 Å². The van der Waals surface area contributed by atoms with E-state index >= 15 is 0 Å². The minimum Gasteiger partial charge on any atom is -0.382 e. The van der Waals surface area contributed by atoms with Gasteiger partial charge in [0.15, 0.2) is 0 Å². The molecule has 0 saturated heterocycles. The molecule has 0 N–H and O–H groups in total. The largest absolute Gasteiger partial charge is 0.382 e. The Balaban J connectivity index is 3.01. The van der Waals surface area contributed by atoms with Gasteiger partial charge in [-0.05, 0) is 5.38 Å². The van der Waals surface area contributed by atoms with Gasteiger partial charge in [-0.3, -0.25) is 0 Å². The molecule has 0 radical (unpaired) electrons. The highest BCUT2D eigenvalue weighted by molar-refractivity contribution is 8.00. The van der Waals surface area contributed by atoms with Crippen LogP contribution in [0.5, 0.6) is 0 Å². The van der Waals surface area contributed by atoms with Gasteiger partial charge >= 0.3 is 0 Å². The Hall–Kier alpha value is 0.487. The van der Waals surface area contributed by atoms with Gasteiger partial charge in [0.2, 0.25) is 0 Å². The molecule has 0 rings (SSSR count). The van der Waals surface area contributed by atoms with E-state index < -0.39 is 8.07 Å². The maximum Gasteiger partial charge on any atom is 0.0919 e. The van der Waals surface area contributed by atoms with E-state index in [1.54, 1.807) is 7.11 Å². The summed E-state index contributed by atoms with van der Waals surface area (Å²) in [4.78, 5) is 0. The normalized spacial score (nSPS) is 12.0. The predicted octanol–water partition coefficient (Wildman–Crippen LogP) is 2.22. The van der Waals surface area contributed by atoms with Crippen LogP contribution in [-0.2, 0) is 9.47 Å². The van der Waals surface area contributed by atoms with Crippen LogP contribution in [-0.4, -0.2) is 39.7 Å². The zero-order valence-electron chi connectivity index (χ0n) is 8.55. The number of ether oxygens (including phenoxy) is 2. The summed E-state index contributed by atoms with van der Waals surface area (Å²) >= 11 is 1.89. The molecule has 0 aliphatic rings. The Morgan fingerprint density at radius 1 is 1.17 bits per heavy atom. The molecule has 0 aromatic carbocycles. The molecule has 0 aliphatic carbocycles. The lowest BCUT2D eigenvalue weighted by Gasteiger charge is -2.14. The lowest BCUT2D eigenvalue weighted by Crippen LogP contribution is -2.24. The molecule has 0 fully saturated rings. The molecule has 0 spiro atoms. The third-order valence-electron chi connectivity index (χ3n) is 1.13. The molecule has 0 atom stereocenters. The number of hydrogen-bond donors (Lipinski definition) is 0. The van der Waals surface area contributed by atoms with Crippen molar-refractivity contribution < 1.29 is 9.47 Å². The Labute approximate surface area is 81.0 Å². The Morgan fingerprint density at radius 3 is 2.33 bits per heavy atom. The van der Waals surface area contributed by atoms with Gasteiger partial charge in [0.1, 0.15) is 0 Å². The van der Waals surface area contributed by atoms with Crippen LogP contribution < -0.4 is 0 Å². The van der Waals surface area contributed by atoms with Crippen LogP contribution in [0.3, 0.4) is 0 Å². The van der Waals surface area contributed by atoms with Gasteiger partial charge in [-0.2, -0.15) is 0 Å². The van der Waals surface area contributed by atoms with E-state index in [0.717, 1.165) is 12.5 Å². The molecule has 2 nitrogen and oxygen atoms in total. The summed E-state index contributed by atoms with van der Waals surface area (Å²) in [5.41, 5.74) is 0. The quantitative estimate of drug-likeness (QED) is 0.363. The summed E-state index contributed by atoms with van der Waals surface area (Å²) in [6.45, 7) is 8.53.